The molecule has 0 aliphatic heterocycles. The van der Waals surface area contributed by atoms with Crippen molar-refractivity contribution in [2.45, 2.75) is 25.7 Å². The molecule has 0 spiro atoms. The van der Waals surface area contributed by atoms with Gasteiger partial charge in [-0.25, -0.2) is 0 Å². The first-order chi connectivity index (χ1) is 9.55. The molecule has 0 heterocycles. The van der Waals surface area contributed by atoms with Crippen LogP contribution in [0.1, 0.15) is 24.8 Å². The van der Waals surface area contributed by atoms with Gasteiger partial charge in [-0.1, -0.05) is 12.1 Å². The minimum Gasteiger partial charge on any atom is -0.481 e. The first kappa shape index (κ1) is 14.5. The quantitative estimate of drug-likeness (QED) is 0.800. The third-order valence-electron chi connectivity index (χ3n) is 3.69. The Hall–Kier alpha value is -1.88. The average Bonchev–Trinajstić information content (AvgIpc) is 3.19. The highest BCUT2D eigenvalue weighted by Gasteiger charge is 2.49. The van der Waals surface area contributed by atoms with Gasteiger partial charge in [0.05, 0.1) is 11.8 Å². The monoisotopic (exact) mass is 277 g/mol. The van der Waals surface area contributed by atoms with Crippen molar-refractivity contribution in [3.05, 3.63) is 29.8 Å². The van der Waals surface area contributed by atoms with Crippen molar-refractivity contribution in [2.24, 2.45) is 5.41 Å². The molecule has 1 aromatic rings. The van der Waals surface area contributed by atoms with E-state index >= 15 is 0 Å². The number of anilines is 1. The van der Waals surface area contributed by atoms with Crippen molar-refractivity contribution in [1.29, 1.82) is 0 Å². The van der Waals surface area contributed by atoms with E-state index in [0.29, 0.717) is 12.3 Å². The van der Waals surface area contributed by atoms with Crippen molar-refractivity contribution < 1.29 is 19.4 Å². The predicted octanol–water partition coefficient (Wildman–Crippen LogP) is 2.07. The Balaban J connectivity index is 1.93. The number of benzene rings is 1. The van der Waals surface area contributed by atoms with Crippen LogP contribution in [-0.4, -0.2) is 30.7 Å². The summed E-state index contributed by atoms with van der Waals surface area (Å²) >= 11 is 0. The lowest BCUT2D eigenvalue weighted by molar-refractivity contribution is -0.136. The summed E-state index contributed by atoms with van der Waals surface area (Å²) < 4.78 is 5.04. The van der Waals surface area contributed by atoms with Gasteiger partial charge in [-0.3, -0.25) is 9.59 Å². The molecule has 1 amide bonds. The van der Waals surface area contributed by atoms with Crippen molar-refractivity contribution in [3.8, 4) is 0 Å². The topological polar surface area (TPSA) is 75.6 Å². The van der Waals surface area contributed by atoms with Gasteiger partial charge in [0.2, 0.25) is 5.91 Å². The molecule has 0 unspecified atom stereocenters. The zero-order valence-corrected chi connectivity index (χ0v) is 11.5. The second-order valence-corrected chi connectivity index (χ2v) is 5.24. The summed E-state index contributed by atoms with van der Waals surface area (Å²) in [5.74, 6) is -0.834. The first-order valence-electron chi connectivity index (χ1n) is 6.67. The minimum atomic E-state index is -0.863. The highest BCUT2D eigenvalue weighted by atomic mass is 16.5. The fraction of sp³-hybridized carbons (Fsp3) is 0.467. The number of amides is 1. The van der Waals surface area contributed by atoms with Crippen LogP contribution >= 0.6 is 0 Å². The van der Waals surface area contributed by atoms with E-state index in [-0.39, 0.29) is 17.7 Å². The van der Waals surface area contributed by atoms with E-state index in [1.54, 1.807) is 31.4 Å². The van der Waals surface area contributed by atoms with Crippen LogP contribution in [0, 0.1) is 5.41 Å². The Labute approximate surface area is 117 Å². The third-order valence-corrected chi connectivity index (χ3v) is 3.69. The van der Waals surface area contributed by atoms with Crippen molar-refractivity contribution >= 4 is 17.6 Å². The molecule has 1 saturated carbocycles. The Bertz CT molecular complexity index is 491. The summed E-state index contributed by atoms with van der Waals surface area (Å²) in [5.41, 5.74) is 1.15. The van der Waals surface area contributed by atoms with Gasteiger partial charge in [0.15, 0.2) is 0 Å². The number of aliphatic carboxylic acids is 1. The third kappa shape index (κ3) is 3.57. The zero-order valence-electron chi connectivity index (χ0n) is 11.5. The maximum atomic E-state index is 12.2. The van der Waals surface area contributed by atoms with Gasteiger partial charge in [0, 0.05) is 19.4 Å². The molecule has 1 aliphatic carbocycles. The second kappa shape index (κ2) is 6.05. The van der Waals surface area contributed by atoms with E-state index < -0.39 is 5.97 Å². The van der Waals surface area contributed by atoms with E-state index in [0.717, 1.165) is 24.8 Å². The number of hydrogen-bond donors (Lipinski definition) is 2. The molecule has 1 aliphatic rings. The van der Waals surface area contributed by atoms with E-state index in [4.69, 9.17) is 9.84 Å². The smallest absolute Gasteiger partial charge is 0.307 e. The summed E-state index contributed by atoms with van der Waals surface area (Å²) in [7, 11) is 1.63. The van der Waals surface area contributed by atoms with E-state index in [1.165, 1.54) is 0 Å². The number of rotatable bonds is 7. The van der Waals surface area contributed by atoms with Crippen LogP contribution in [0.2, 0.25) is 0 Å². The molecule has 5 heteroatoms. The SMILES string of the molecule is COCCC1(C(=O)Nc2ccc(CC(=O)O)cc2)CC1. The van der Waals surface area contributed by atoms with Gasteiger partial charge in [0.1, 0.15) is 0 Å². The summed E-state index contributed by atoms with van der Waals surface area (Å²) in [6, 6.07) is 6.92. The fourth-order valence-corrected chi connectivity index (χ4v) is 2.18. The Morgan fingerprint density at radius 2 is 1.95 bits per heavy atom. The predicted molar refractivity (Wildman–Crippen MR) is 74.6 cm³/mol. The Morgan fingerprint density at radius 1 is 1.30 bits per heavy atom. The molecule has 0 radical (unpaired) electrons. The highest BCUT2D eigenvalue weighted by molar-refractivity contribution is 5.97. The van der Waals surface area contributed by atoms with Crippen LogP contribution in [0.3, 0.4) is 0 Å². The largest absolute Gasteiger partial charge is 0.481 e. The Kier molecular flexibility index (Phi) is 4.39. The zero-order chi connectivity index (χ0) is 14.6. The standard InChI is InChI=1S/C15H19NO4/c1-20-9-8-15(6-7-15)14(19)16-12-4-2-11(3-5-12)10-13(17)18/h2-5H,6-10H2,1H3,(H,16,19)(H,17,18). The summed E-state index contributed by atoms with van der Waals surface area (Å²) in [5, 5.41) is 11.6. The molecule has 0 bridgehead atoms. The lowest BCUT2D eigenvalue weighted by Crippen LogP contribution is -2.25. The maximum absolute atomic E-state index is 12.2. The first-order valence-corrected chi connectivity index (χ1v) is 6.67. The van der Waals surface area contributed by atoms with Gasteiger partial charge in [0.25, 0.3) is 0 Å². The maximum Gasteiger partial charge on any atom is 0.307 e. The molecule has 0 saturated heterocycles. The van der Waals surface area contributed by atoms with Crippen molar-refractivity contribution in [3.63, 3.8) is 0 Å². The van der Waals surface area contributed by atoms with Gasteiger partial charge < -0.3 is 15.2 Å². The second-order valence-electron chi connectivity index (χ2n) is 5.24. The molecular weight excluding hydrogens is 258 g/mol. The van der Waals surface area contributed by atoms with Gasteiger partial charge >= 0.3 is 5.97 Å². The molecule has 2 rings (SSSR count). The molecular formula is C15H19NO4. The number of ether oxygens (including phenoxy) is 1. The summed E-state index contributed by atoms with van der Waals surface area (Å²) in [6.45, 7) is 0.588. The summed E-state index contributed by atoms with van der Waals surface area (Å²) in [6.07, 6.45) is 2.54. The molecule has 1 aromatic carbocycles. The molecule has 1 fully saturated rings. The fourth-order valence-electron chi connectivity index (χ4n) is 2.18. The van der Waals surface area contributed by atoms with Gasteiger partial charge in [-0.15, -0.1) is 0 Å². The normalized spacial score (nSPS) is 15.7. The van der Waals surface area contributed by atoms with E-state index in [1.807, 2.05) is 0 Å². The number of carbonyl (C=O) groups is 2. The van der Waals surface area contributed by atoms with Crippen LogP contribution in [0.4, 0.5) is 5.69 Å². The van der Waals surface area contributed by atoms with Gasteiger partial charge in [-0.05, 0) is 37.0 Å². The van der Waals surface area contributed by atoms with Crippen LogP contribution in [0.15, 0.2) is 24.3 Å². The van der Waals surface area contributed by atoms with E-state index in [2.05, 4.69) is 5.32 Å². The molecule has 0 atom stereocenters. The number of nitrogens with one attached hydrogen (secondary N) is 1. The number of methoxy groups -OCH3 is 1. The van der Waals surface area contributed by atoms with Crippen LogP contribution < -0.4 is 5.32 Å². The van der Waals surface area contributed by atoms with Crippen molar-refractivity contribution in [1.82, 2.24) is 0 Å². The number of carboxylic acid groups (broad SMARTS) is 1. The molecule has 5 nitrogen and oxygen atoms in total. The number of hydrogen-bond acceptors (Lipinski definition) is 3. The van der Waals surface area contributed by atoms with E-state index in [9.17, 15) is 9.59 Å². The lowest BCUT2D eigenvalue weighted by Gasteiger charge is -2.14. The molecule has 0 aromatic heterocycles. The molecule has 108 valence electrons. The summed E-state index contributed by atoms with van der Waals surface area (Å²) in [4.78, 5) is 22.8. The minimum absolute atomic E-state index is 0.00793. The lowest BCUT2D eigenvalue weighted by atomic mass is 10.0. The number of carboxylic acids is 1. The molecule has 2 N–H and O–H groups in total. The van der Waals surface area contributed by atoms with Gasteiger partial charge in [-0.2, -0.15) is 0 Å². The Morgan fingerprint density at radius 3 is 2.45 bits per heavy atom. The van der Waals surface area contributed by atoms with Crippen LogP contribution in [0.5, 0.6) is 0 Å². The van der Waals surface area contributed by atoms with Crippen LogP contribution in [0.25, 0.3) is 0 Å². The average molecular weight is 277 g/mol. The number of carbonyl (C=O) groups excluding carboxylic acids is 1. The van der Waals surface area contributed by atoms with Crippen molar-refractivity contribution in [2.75, 3.05) is 19.0 Å². The van der Waals surface area contributed by atoms with Crippen LogP contribution in [-0.2, 0) is 20.7 Å². The highest BCUT2D eigenvalue weighted by Crippen LogP contribution is 2.49. The molecule has 20 heavy (non-hydrogen) atoms.